The van der Waals surface area contributed by atoms with Crippen molar-refractivity contribution < 1.29 is 9.84 Å². The Kier molecular flexibility index (Phi) is 4.19. The Morgan fingerprint density at radius 2 is 2.06 bits per heavy atom. The molecule has 0 atom stereocenters. The zero-order chi connectivity index (χ0) is 12.2. The van der Waals surface area contributed by atoms with Crippen molar-refractivity contribution in [3.05, 3.63) is 23.8 Å². The van der Waals surface area contributed by atoms with Crippen LogP contribution in [0.4, 0.5) is 0 Å². The number of benzene rings is 1. The highest BCUT2D eigenvalue weighted by molar-refractivity contribution is 5.45. The minimum atomic E-state index is -0.0116. The van der Waals surface area contributed by atoms with Crippen molar-refractivity contribution >= 4 is 0 Å². The van der Waals surface area contributed by atoms with E-state index in [2.05, 4.69) is 13.8 Å². The number of aromatic hydroxyl groups is 1. The van der Waals surface area contributed by atoms with E-state index in [1.807, 2.05) is 19.1 Å². The molecule has 3 N–H and O–H groups in total. The van der Waals surface area contributed by atoms with Gasteiger partial charge >= 0.3 is 0 Å². The second-order valence-electron chi connectivity index (χ2n) is 4.74. The number of ether oxygens (including phenoxy) is 1. The van der Waals surface area contributed by atoms with E-state index in [1.54, 1.807) is 6.07 Å². The molecule has 0 aromatic heterocycles. The summed E-state index contributed by atoms with van der Waals surface area (Å²) in [6.07, 6.45) is 0.746. The molecule has 0 aliphatic heterocycles. The lowest BCUT2D eigenvalue weighted by molar-refractivity contribution is 0.312. The smallest absolute Gasteiger partial charge is 0.161 e. The Hall–Kier alpha value is -1.22. The average Bonchev–Trinajstić information content (AvgIpc) is 2.24. The molecular formula is C13H21NO2. The van der Waals surface area contributed by atoms with Gasteiger partial charge in [-0.3, -0.25) is 0 Å². The first-order chi connectivity index (χ1) is 7.50. The first-order valence-corrected chi connectivity index (χ1v) is 5.64. The third kappa shape index (κ3) is 3.14. The standard InChI is InChI=1S/C13H21NO2/c1-4-16-11-7-5-6-10(12(11)15)8-13(2,3)9-14/h5-7,15H,4,8-9,14H2,1-3H3. The summed E-state index contributed by atoms with van der Waals surface area (Å²) in [5, 5.41) is 10.0. The molecule has 3 heteroatoms. The minimum Gasteiger partial charge on any atom is -0.504 e. The summed E-state index contributed by atoms with van der Waals surface area (Å²) in [5.41, 5.74) is 6.57. The molecule has 0 bridgehead atoms. The van der Waals surface area contributed by atoms with Crippen molar-refractivity contribution in [2.75, 3.05) is 13.2 Å². The number of phenols is 1. The summed E-state index contributed by atoms with van der Waals surface area (Å²) in [6, 6.07) is 5.58. The first-order valence-electron chi connectivity index (χ1n) is 5.64. The topological polar surface area (TPSA) is 55.5 Å². The quantitative estimate of drug-likeness (QED) is 0.805. The molecule has 0 fully saturated rings. The van der Waals surface area contributed by atoms with Gasteiger partial charge in [0, 0.05) is 0 Å². The van der Waals surface area contributed by atoms with E-state index in [0.717, 1.165) is 12.0 Å². The number of para-hydroxylation sites is 1. The van der Waals surface area contributed by atoms with Crippen LogP contribution in [-0.4, -0.2) is 18.3 Å². The van der Waals surface area contributed by atoms with Crippen LogP contribution < -0.4 is 10.5 Å². The molecule has 0 saturated carbocycles. The van der Waals surface area contributed by atoms with Crippen molar-refractivity contribution in [2.24, 2.45) is 11.1 Å². The molecule has 16 heavy (non-hydrogen) atoms. The number of rotatable bonds is 5. The van der Waals surface area contributed by atoms with Crippen LogP contribution in [0.25, 0.3) is 0 Å². The Bertz CT molecular complexity index is 348. The Morgan fingerprint density at radius 1 is 1.38 bits per heavy atom. The van der Waals surface area contributed by atoms with E-state index in [1.165, 1.54) is 0 Å². The molecular weight excluding hydrogens is 202 g/mol. The SMILES string of the molecule is CCOc1cccc(CC(C)(C)CN)c1O. The van der Waals surface area contributed by atoms with Crippen molar-refractivity contribution in [2.45, 2.75) is 27.2 Å². The minimum absolute atomic E-state index is 0.0116. The van der Waals surface area contributed by atoms with E-state index < -0.39 is 0 Å². The molecule has 0 aliphatic rings. The second kappa shape index (κ2) is 5.21. The van der Waals surface area contributed by atoms with E-state index in [9.17, 15) is 5.11 Å². The Labute approximate surface area is 97.2 Å². The summed E-state index contributed by atoms with van der Waals surface area (Å²) in [7, 11) is 0. The van der Waals surface area contributed by atoms with E-state index in [-0.39, 0.29) is 11.2 Å². The highest BCUT2D eigenvalue weighted by Crippen LogP contribution is 2.33. The average molecular weight is 223 g/mol. The van der Waals surface area contributed by atoms with Gasteiger partial charge in [-0.25, -0.2) is 0 Å². The maximum absolute atomic E-state index is 10.0. The van der Waals surface area contributed by atoms with Crippen LogP contribution in [0.1, 0.15) is 26.3 Å². The van der Waals surface area contributed by atoms with Crippen LogP contribution in [0, 0.1) is 5.41 Å². The lowest BCUT2D eigenvalue weighted by Crippen LogP contribution is -2.25. The second-order valence-corrected chi connectivity index (χ2v) is 4.74. The fourth-order valence-corrected chi connectivity index (χ4v) is 1.57. The van der Waals surface area contributed by atoms with Crippen LogP contribution >= 0.6 is 0 Å². The van der Waals surface area contributed by atoms with Crippen LogP contribution in [-0.2, 0) is 6.42 Å². The fraction of sp³-hybridized carbons (Fsp3) is 0.538. The number of hydrogen-bond donors (Lipinski definition) is 2. The maximum atomic E-state index is 10.0. The lowest BCUT2D eigenvalue weighted by atomic mass is 9.85. The van der Waals surface area contributed by atoms with E-state index >= 15 is 0 Å². The Balaban J connectivity index is 2.93. The molecule has 0 radical (unpaired) electrons. The van der Waals surface area contributed by atoms with E-state index in [0.29, 0.717) is 18.9 Å². The molecule has 0 amide bonds. The predicted octanol–water partition coefficient (Wildman–Crippen LogP) is 2.32. The lowest BCUT2D eigenvalue weighted by Gasteiger charge is -2.23. The van der Waals surface area contributed by atoms with Crippen molar-refractivity contribution in [3.8, 4) is 11.5 Å². The van der Waals surface area contributed by atoms with Gasteiger partial charge in [0.25, 0.3) is 0 Å². The zero-order valence-corrected chi connectivity index (χ0v) is 10.3. The summed E-state index contributed by atoms with van der Waals surface area (Å²) in [4.78, 5) is 0. The zero-order valence-electron chi connectivity index (χ0n) is 10.3. The summed E-state index contributed by atoms with van der Waals surface area (Å²) in [6.45, 7) is 7.21. The first kappa shape index (κ1) is 12.8. The highest BCUT2D eigenvalue weighted by atomic mass is 16.5. The van der Waals surface area contributed by atoms with Gasteiger partial charge in [0.1, 0.15) is 0 Å². The number of nitrogens with two attached hydrogens (primary N) is 1. The van der Waals surface area contributed by atoms with Gasteiger partial charge in [-0.05, 0) is 36.9 Å². The van der Waals surface area contributed by atoms with Crippen molar-refractivity contribution in [1.29, 1.82) is 0 Å². The molecule has 0 spiro atoms. The predicted molar refractivity (Wildman–Crippen MR) is 65.8 cm³/mol. The number of phenolic OH excluding ortho intramolecular Hbond substituents is 1. The van der Waals surface area contributed by atoms with Gasteiger partial charge in [-0.1, -0.05) is 26.0 Å². The van der Waals surface area contributed by atoms with Crippen LogP contribution in [0.2, 0.25) is 0 Å². The van der Waals surface area contributed by atoms with Gasteiger partial charge < -0.3 is 15.6 Å². The van der Waals surface area contributed by atoms with Crippen molar-refractivity contribution in [3.63, 3.8) is 0 Å². The summed E-state index contributed by atoms with van der Waals surface area (Å²) >= 11 is 0. The number of hydrogen-bond acceptors (Lipinski definition) is 3. The summed E-state index contributed by atoms with van der Waals surface area (Å²) < 4.78 is 5.34. The van der Waals surface area contributed by atoms with Crippen LogP contribution in [0.3, 0.4) is 0 Å². The van der Waals surface area contributed by atoms with Gasteiger partial charge in [-0.2, -0.15) is 0 Å². The molecule has 1 aromatic carbocycles. The molecule has 0 unspecified atom stereocenters. The largest absolute Gasteiger partial charge is 0.504 e. The van der Waals surface area contributed by atoms with Gasteiger partial charge in [0.15, 0.2) is 11.5 Å². The van der Waals surface area contributed by atoms with Crippen molar-refractivity contribution in [1.82, 2.24) is 0 Å². The van der Waals surface area contributed by atoms with Gasteiger partial charge in [-0.15, -0.1) is 0 Å². The molecule has 0 heterocycles. The summed E-state index contributed by atoms with van der Waals surface area (Å²) in [5.74, 6) is 0.790. The van der Waals surface area contributed by atoms with Crippen LogP contribution in [0.15, 0.2) is 18.2 Å². The van der Waals surface area contributed by atoms with Gasteiger partial charge in [0.05, 0.1) is 6.61 Å². The molecule has 90 valence electrons. The normalized spacial score (nSPS) is 11.5. The highest BCUT2D eigenvalue weighted by Gasteiger charge is 2.19. The third-order valence-corrected chi connectivity index (χ3v) is 2.60. The molecule has 0 aliphatic carbocycles. The maximum Gasteiger partial charge on any atom is 0.161 e. The molecule has 0 saturated heterocycles. The molecule has 1 rings (SSSR count). The Morgan fingerprint density at radius 3 is 2.62 bits per heavy atom. The van der Waals surface area contributed by atoms with Crippen LogP contribution in [0.5, 0.6) is 11.5 Å². The van der Waals surface area contributed by atoms with E-state index in [4.69, 9.17) is 10.5 Å². The third-order valence-electron chi connectivity index (χ3n) is 2.60. The van der Waals surface area contributed by atoms with Gasteiger partial charge in [0.2, 0.25) is 0 Å². The monoisotopic (exact) mass is 223 g/mol. The molecule has 1 aromatic rings. The fourth-order valence-electron chi connectivity index (χ4n) is 1.57. The molecule has 3 nitrogen and oxygen atoms in total.